The predicted octanol–water partition coefficient (Wildman–Crippen LogP) is 5.29. The zero-order valence-corrected chi connectivity index (χ0v) is 17.9. The monoisotopic (exact) mass is 395 g/mol. The van der Waals surface area contributed by atoms with Gasteiger partial charge in [-0.05, 0) is 42.9 Å². The Kier molecular flexibility index (Phi) is 10.7. The van der Waals surface area contributed by atoms with Gasteiger partial charge >= 0.3 is 0 Å². The summed E-state index contributed by atoms with van der Waals surface area (Å²) in [6, 6.07) is 18.1. The highest BCUT2D eigenvalue weighted by Gasteiger charge is 2.21. The molecule has 2 aromatic carbocycles. The van der Waals surface area contributed by atoms with Gasteiger partial charge in [-0.3, -0.25) is 0 Å². The molecule has 0 aliphatic heterocycles. The fourth-order valence-corrected chi connectivity index (χ4v) is 3.50. The molecule has 0 aliphatic carbocycles. The minimum absolute atomic E-state index is 0.0628. The number of hydrogen-bond acceptors (Lipinski definition) is 3. The smallest absolute Gasteiger partial charge is 0.0756 e. The lowest BCUT2D eigenvalue weighted by molar-refractivity contribution is 0.0847. The highest BCUT2D eigenvalue weighted by molar-refractivity contribution is 5.49. The Morgan fingerprint density at radius 2 is 1.69 bits per heavy atom. The Labute approximate surface area is 176 Å². The first-order chi connectivity index (χ1) is 14.1. The molecule has 0 aliphatic rings. The van der Waals surface area contributed by atoms with E-state index in [9.17, 15) is 10.2 Å². The summed E-state index contributed by atoms with van der Waals surface area (Å²) in [5.74, 6) is 0. The van der Waals surface area contributed by atoms with Crippen LogP contribution in [0.25, 0.3) is 6.08 Å². The maximum Gasteiger partial charge on any atom is 0.0756 e. The molecule has 0 fully saturated rings. The molecule has 3 N–H and O–H groups in total. The number of allylic oxidation sites excluding steroid dienone is 1. The Morgan fingerprint density at radius 1 is 0.966 bits per heavy atom. The minimum atomic E-state index is -0.647. The van der Waals surface area contributed by atoms with E-state index in [1.807, 2.05) is 25.1 Å². The normalized spacial score (nSPS) is 14.8. The molecule has 0 unspecified atom stereocenters. The maximum absolute atomic E-state index is 10.6. The van der Waals surface area contributed by atoms with Crippen LogP contribution in [-0.2, 0) is 6.42 Å². The van der Waals surface area contributed by atoms with Gasteiger partial charge in [-0.1, -0.05) is 92.9 Å². The summed E-state index contributed by atoms with van der Waals surface area (Å²) in [5, 5.41) is 23.7. The standard InChI is InChI=1S/C26H37NO2/c1-3-4-5-6-7-9-12-22-15-17-23(18-16-22)19-26(29)25(20-28)27-21(2)24-13-10-8-11-14-24/h8-18,21,25-29H,3-7,19-20H2,1-2H3/t21-,25+,26-/m1/s1. The van der Waals surface area contributed by atoms with Gasteiger partial charge in [0.15, 0.2) is 0 Å². The summed E-state index contributed by atoms with van der Waals surface area (Å²) < 4.78 is 0. The fraction of sp³-hybridized carbons (Fsp3) is 0.462. The summed E-state index contributed by atoms with van der Waals surface area (Å²) in [7, 11) is 0. The van der Waals surface area contributed by atoms with Crippen molar-refractivity contribution in [1.29, 1.82) is 0 Å². The molecule has 0 spiro atoms. The number of aliphatic hydroxyl groups is 2. The number of benzene rings is 2. The lowest BCUT2D eigenvalue weighted by Crippen LogP contribution is -2.44. The second-order valence-electron chi connectivity index (χ2n) is 7.85. The van der Waals surface area contributed by atoms with Crippen LogP contribution >= 0.6 is 0 Å². The number of unbranched alkanes of at least 4 members (excludes halogenated alkanes) is 4. The Balaban J connectivity index is 1.83. The maximum atomic E-state index is 10.6. The van der Waals surface area contributed by atoms with Gasteiger partial charge in [0.05, 0.1) is 18.8 Å². The lowest BCUT2D eigenvalue weighted by atomic mass is 9.99. The molecule has 0 radical (unpaired) electrons. The van der Waals surface area contributed by atoms with Crippen molar-refractivity contribution in [3.8, 4) is 0 Å². The first kappa shape index (κ1) is 23.3. The minimum Gasteiger partial charge on any atom is -0.395 e. The SMILES string of the molecule is CCCCCCC=Cc1ccc(C[C@@H](O)[C@H](CO)N[C@H](C)c2ccccc2)cc1. The van der Waals surface area contributed by atoms with E-state index in [0.717, 1.165) is 17.5 Å². The molecule has 0 aromatic heterocycles. The quantitative estimate of drug-likeness (QED) is 0.404. The van der Waals surface area contributed by atoms with Crippen LogP contribution in [0.2, 0.25) is 0 Å². The number of aliphatic hydroxyl groups excluding tert-OH is 2. The van der Waals surface area contributed by atoms with E-state index in [-0.39, 0.29) is 18.7 Å². The third-order valence-corrected chi connectivity index (χ3v) is 5.38. The second kappa shape index (κ2) is 13.3. The Morgan fingerprint density at radius 3 is 2.34 bits per heavy atom. The highest BCUT2D eigenvalue weighted by atomic mass is 16.3. The zero-order valence-electron chi connectivity index (χ0n) is 17.9. The highest BCUT2D eigenvalue weighted by Crippen LogP contribution is 2.15. The lowest BCUT2D eigenvalue weighted by Gasteiger charge is -2.26. The molecular weight excluding hydrogens is 358 g/mol. The molecule has 2 rings (SSSR count). The summed E-state index contributed by atoms with van der Waals surface area (Å²) >= 11 is 0. The van der Waals surface area contributed by atoms with Crippen molar-refractivity contribution in [1.82, 2.24) is 5.32 Å². The van der Waals surface area contributed by atoms with E-state index in [2.05, 4.69) is 60.8 Å². The molecular formula is C26H37NO2. The first-order valence-electron chi connectivity index (χ1n) is 11.0. The molecule has 2 aromatic rings. The molecule has 0 saturated carbocycles. The Hall–Kier alpha value is -1.94. The van der Waals surface area contributed by atoms with Gasteiger partial charge in [-0.15, -0.1) is 0 Å². The molecule has 0 amide bonds. The second-order valence-corrected chi connectivity index (χ2v) is 7.85. The third kappa shape index (κ3) is 8.53. The van der Waals surface area contributed by atoms with Crippen LogP contribution in [-0.4, -0.2) is 29.0 Å². The van der Waals surface area contributed by atoms with Gasteiger partial charge in [0.1, 0.15) is 0 Å². The molecule has 3 nitrogen and oxygen atoms in total. The molecule has 3 atom stereocenters. The number of nitrogens with one attached hydrogen (secondary N) is 1. The van der Waals surface area contributed by atoms with Gasteiger partial charge < -0.3 is 15.5 Å². The van der Waals surface area contributed by atoms with E-state index >= 15 is 0 Å². The summed E-state index contributed by atoms with van der Waals surface area (Å²) in [6.45, 7) is 4.18. The van der Waals surface area contributed by atoms with Crippen LogP contribution in [0.5, 0.6) is 0 Å². The average Bonchev–Trinajstić information content (AvgIpc) is 2.76. The summed E-state index contributed by atoms with van der Waals surface area (Å²) in [5.41, 5.74) is 3.41. The van der Waals surface area contributed by atoms with Gasteiger partial charge in [0.2, 0.25) is 0 Å². The van der Waals surface area contributed by atoms with Crippen molar-refractivity contribution >= 4 is 6.08 Å². The van der Waals surface area contributed by atoms with Crippen LogP contribution in [0, 0.1) is 0 Å². The van der Waals surface area contributed by atoms with E-state index in [1.165, 1.54) is 31.2 Å². The summed E-state index contributed by atoms with van der Waals surface area (Å²) in [4.78, 5) is 0. The van der Waals surface area contributed by atoms with Crippen LogP contribution in [0.3, 0.4) is 0 Å². The summed E-state index contributed by atoms with van der Waals surface area (Å²) in [6.07, 6.45) is 10.6. The van der Waals surface area contributed by atoms with Crippen molar-refractivity contribution < 1.29 is 10.2 Å². The van der Waals surface area contributed by atoms with Crippen molar-refractivity contribution in [2.24, 2.45) is 0 Å². The Bertz CT molecular complexity index is 696. The zero-order chi connectivity index (χ0) is 20.9. The molecule has 0 bridgehead atoms. The van der Waals surface area contributed by atoms with Crippen molar-refractivity contribution in [3.63, 3.8) is 0 Å². The third-order valence-electron chi connectivity index (χ3n) is 5.38. The van der Waals surface area contributed by atoms with Gasteiger partial charge in [0, 0.05) is 6.04 Å². The molecule has 0 saturated heterocycles. The van der Waals surface area contributed by atoms with Gasteiger partial charge in [0.25, 0.3) is 0 Å². The fourth-order valence-electron chi connectivity index (χ4n) is 3.50. The van der Waals surface area contributed by atoms with Gasteiger partial charge in [-0.25, -0.2) is 0 Å². The van der Waals surface area contributed by atoms with E-state index in [4.69, 9.17) is 0 Å². The van der Waals surface area contributed by atoms with Crippen LogP contribution < -0.4 is 5.32 Å². The topological polar surface area (TPSA) is 52.5 Å². The largest absolute Gasteiger partial charge is 0.395 e. The van der Waals surface area contributed by atoms with Crippen molar-refractivity contribution in [2.45, 2.75) is 70.6 Å². The van der Waals surface area contributed by atoms with Crippen molar-refractivity contribution in [2.75, 3.05) is 6.61 Å². The van der Waals surface area contributed by atoms with Crippen LogP contribution in [0.4, 0.5) is 0 Å². The molecule has 0 heterocycles. The van der Waals surface area contributed by atoms with E-state index in [1.54, 1.807) is 0 Å². The number of hydrogen-bond donors (Lipinski definition) is 3. The van der Waals surface area contributed by atoms with E-state index < -0.39 is 6.10 Å². The van der Waals surface area contributed by atoms with Crippen LogP contribution in [0.15, 0.2) is 60.7 Å². The molecule has 3 heteroatoms. The van der Waals surface area contributed by atoms with Crippen molar-refractivity contribution in [3.05, 3.63) is 77.4 Å². The van der Waals surface area contributed by atoms with Crippen LogP contribution in [0.1, 0.15) is 68.7 Å². The van der Waals surface area contributed by atoms with E-state index in [0.29, 0.717) is 6.42 Å². The first-order valence-corrected chi connectivity index (χ1v) is 11.0. The van der Waals surface area contributed by atoms with Gasteiger partial charge in [-0.2, -0.15) is 0 Å². The number of rotatable bonds is 13. The predicted molar refractivity (Wildman–Crippen MR) is 123 cm³/mol. The molecule has 29 heavy (non-hydrogen) atoms. The molecule has 158 valence electrons. The average molecular weight is 396 g/mol.